The first-order chi connectivity index (χ1) is 14.3. The van der Waals surface area contributed by atoms with Gasteiger partial charge < -0.3 is 20.1 Å². The molecule has 0 aliphatic carbocycles. The Morgan fingerprint density at radius 1 is 1.07 bits per heavy atom. The number of benzene rings is 1. The van der Waals surface area contributed by atoms with Crippen LogP contribution in [0.3, 0.4) is 0 Å². The highest BCUT2D eigenvalue weighted by Gasteiger charge is 2.26. The van der Waals surface area contributed by atoms with E-state index in [1.807, 2.05) is 0 Å². The molecular formula is C21H23FN4O4. The van der Waals surface area contributed by atoms with Crippen LogP contribution in [0.1, 0.15) is 23.2 Å². The minimum absolute atomic E-state index is 0.121. The summed E-state index contributed by atoms with van der Waals surface area (Å²) in [6, 6.07) is 8.30. The predicted molar refractivity (Wildman–Crippen MR) is 108 cm³/mol. The summed E-state index contributed by atoms with van der Waals surface area (Å²) >= 11 is 0. The molecule has 0 atom stereocenters. The van der Waals surface area contributed by atoms with Crippen molar-refractivity contribution >= 4 is 23.4 Å². The van der Waals surface area contributed by atoms with Gasteiger partial charge in [-0.25, -0.2) is 4.39 Å². The zero-order valence-electron chi connectivity index (χ0n) is 16.6. The molecule has 8 nitrogen and oxygen atoms in total. The molecule has 1 aliphatic heterocycles. The normalized spacial score (nSPS) is 14.3. The number of rotatable bonds is 4. The Bertz CT molecular complexity index is 995. The summed E-state index contributed by atoms with van der Waals surface area (Å²) < 4.78 is 14.3. The van der Waals surface area contributed by atoms with Gasteiger partial charge in [-0.05, 0) is 55.2 Å². The molecule has 1 aliphatic rings. The van der Waals surface area contributed by atoms with Gasteiger partial charge in [0.25, 0.3) is 11.5 Å². The molecule has 0 bridgehead atoms. The van der Waals surface area contributed by atoms with Gasteiger partial charge in [-0.3, -0.25) is 19.2 Å². The van der Waals surface area contributed by atoms with Gasteiger partial charge in [0.15, 0.2) is 0 Å². The summed E-state index contributed by atoms with van der Waals surface area (Å²) in [6.07, 6.45) is 2.90. The zero-order valence-corrected chi connectivity index (χ0v) is 16.6. The molecule has 1 aromatic carbocycles. The second-order valence-corrected chi connectivity index (χ2v) is 7.24. The molecule has 2 heterocycles. The molecule has 158 valence electrons. The van der Waals surface area contributed by atoms with Gasteiger partial charge in [-0.1, -0.05) is 0 Å². The molecule has 1 saturated heterocycles. The number of aromatic nitrogens is 1. The number of hydrogen-bond donors (Lipinski definition) is 2. The highest BCUT2D eigenvalue weighted by atomic mass is 19.1. The molecule has 30 heavy (non-hydrogen) atoms. The minimum Gasteiger partial charge on any atom is -0.348 e. The van der Waals surface area contributed by atoms with Crippen LogP contribution in [0.25, 0.3) is 0 Å². The maximum Gasteiger partial charge on any atom is 0.313 e. The lowest BCUT2D eigenvalue weighted by molar-refractivity contribution is -0.136. The second kappa shape index (κ2) is 9.34. The van der Waals surface area contributed by atoms with Gasteiger partial charge in [0.05, 0.1) is 0 Å². The molecule has 1 aromatic heterocycles. The third kappa shape index (κ3) is 5.11. The van der Waals surface area contributed by atoms with Gasteiger partial charge in [-0.2, -0.15) is 0 Å². The molecular weight excluding hydrogens is 391 g/mol. The van der Waals surface area contributed by atoms with Crippen LogP contribution >= 0.6 is 0 Å². The number of pyridine rings is 1. The highest BCUT2D eigenvalue weighted by molar-refractivity contribution is 6.39. The lowest BCUT2D eigenvalue weighted by Crippen LogP contribution is -2.44. The van der Waals surface area contributed by atoms with E-state index in [4.69, 9.17) is 0 Å². The average Bonchev–Trinajstić information content (AvgIpc) is 2.75. The van der Waals surface area contributed by atoms with Gasteiger partial charge >= 0.3 is 11.8 Å². The van der Waals surface area contributed by atoms with Gasteiger partial charge in [0.1, 0.15) is 11.4 Å². The summed E-state index contributed by atoms with van der Waals surface area (Å²) in [4.78, 5) is 50.3. The van der Waals surface area contributed by atoms with Gasteiger partial charge in [0, 0.05) is 38.6 Å². The molecule has 2 aromatic rings. The highest BCUT2D eigenvalue weighted by Crippen LogP contribution is 2.18. The lowest BCUT2D eigenvalue weighted by Gasteiger charge is -2.32. The van der Waals surface area contributed by atoms with E-state index in [0.29, 0.717) is 38.2 Å². The maximum atomic E-state index is 12.9. The van der Waals surface area contributed by atoms with Crippen LogP contribution in [-0.4, -0.2) is 46.8 Å². The first-order valence-electron chi connectivity index (χ1n) is 9.65. The van der Waals surface area contributed by atoms with Gasteiger partial charge in [-0.15, -0.1) is 0 Å². The van der Waals surface area contributed by atoms with Crippen molar-refractivity contribution in [2.75, 3.05) is 25.0 Å². The largest absolute Gasteiger partial charge is 0.348 e. The smallest absolute Gasteiger partial charge is 0.313 e. The van der Waals surface area contributed by atoms with E-state index in [1.165, 1.54) is 34.9 Å². The molecule has 3 rings (SSSR count). The fourth-order valence-electron chi connectivity index (χ4n) is 3.31. The van der Waals surface area contributed by atoms with E-state index >= 15 is 0 Å². The van der Waals surface area contributed by atoms with E-state index in [-0.39, 0.29) is 22.9 Å². The van der Waals surface area contributed by atoms with E-state index in [9.17, 15) is 23.6 Å². The summed E-state index contributed by atoms with van der Waals surface area (Å²) in [6.45, 7) is 1.25. The SMILES string of the molecule is Cn1cccc(C(=O)N2CCC(CNC(=O)C(=O)Nc3ccc(F)cc3)CC2)c1=O. The molecule has 0 spiro atoms. The van der Waals surface area contributed by atoms with E-state index in [0.717, 1.165) is 0 Å². The first kappa shape index (κ1) is 21.2. The molecule has 2 N–H and O–H groups in total. The second-order valence-electron chi connectivity index (χ2n) is 7.24. The number of piperidine rings is 1. The lowest BCUT2D eigenvalue weighted by atomic mass is 9.96. The Labute approximate surface area is 172 Å². The topological polar surface area (TPSA) is 101 Å². The van der Waals surface area contributed by atoms with Crippen LogP contribution in [0.15, 0.2) is 47.4 Å². The quantitative estimate of drug-likeness (QED) is 0.733. The van der Waals surface area contributed by atoms with Crippen molar-refractivity contribution in [2.24, 2.45) is 13.0 Å². The number of amides is 3. The van der Waals surface area contributed by atoms with Crippen LogP contribution < -0.4 is 16.2 Å². The van der Waals surface area contributed by atoms with Crippen molar-refractivity contribution in [3.8, 4) is 0 Å². The first-order valence-corrected chi connectivity index (χ1v) is 9.65. The number of nitrogens with zero attached hydrogens (tertiary/aromatic N) is 2. The minimum atomic E-state index is -0.825. The number of nitrogens with one attached hydrogen (secondary N) is 2. The van der Waals surface area contributed by atoms with Gasteiger partial charge in [0.2, 0.25) is 0 Å². The summed E-state index contributed by atoms with van der Waals surface area (Å²) in [7, 11) is 1.60. The third-order valence-corrected chi connectivity index (χ3v) is 5.12. The number of aryl methyl sites for hydroxylation is 1. The summed E-state index contributed by atoms with van der Waals surface area (Å²) in [5, 5.41) is 5.00. The predicted octanol–water partition coefficient (Wildman–Crippen LogP) is 1.13. The van der Waals surface area contributed by atoms with Crippen LogP contribution in [0.2, 0.25) is 0 Å². The van der Waals surface area contributed by atoms with Crippen LogP contribution in [-0.2, 0) is 16.6 Å². The summed E-state index contributed by atoms with van der Waals surface area (Å²) in [5.74, 6) is -2.21. The maximum absolute atomic E-state index is 12.9. The number of anilines is 1. The Morgan fingerprint density at radius 3 is 2.40 bits per heavy atom. The van der Waals surface area contributed by atoms with E-state index in [1.54, 1.807) is 24.2 Å². The Balaban J connectivity index is 1.45. The molecule has 0 saturated carbocycles. The monoisotopic (exact) mass is 414 g/mol. The van der Waals surface area contributed by atoms with Crippen molar-refractivity contribution in [1.29, 1.82) is 0 Å². The molecule has 0 unspecified atom stereocenters. The zero-order chi connectivity index (χ0) is 21.7. The van der Waals surface area contributed by atoms with Crippen molar-refractivity contribution in [3.05, 3.63) is 64.3 Å². The van der Waals surface area contributed by atoms with Crippen molar-refractivity contribution in [2.45, 2.75) is 12.8 Å². The van der Waals surface area contributed by atoms with E-state index < -0.39 is 17.6 Å². The third-order valence-electron chi connectivity index (χ3n) is 5.12. The molecule has 3 amide bonds. The number of carbonyl (C=O) groups excluding carboxylic acids is 3. The number of likely N-dealkylation sites (tertiary alicyclic amines) is 1. The van der Waals surface area contributed by atoms with Crippen LogP contribution in [0, 0.1) is 11.7 Å². The Morgan fingerprint density at radius 2 is 1.73 bits per heavy atom. The Hall–Kier alpha value is -3.49. The molecule has 1 fully saturated rings. The van der Waals surface area contributed by atoms with E-state index in [2.05, 4.69) is 10.6 Å². The van der Waals surface area contributed by atoms with Crippen LogP contribution in [0.5, 0.6) is 0 Å². The number of hydrogen-bond acceptors (Lipinski definition) is 4. The average molecular weight is 414 g/mol. The molecule has 9 heteroatoms. The van der Waals surface area contributed by atoms with Crippen molar-refractivity contribution in [1.82, 2.24) is 14.8 Å². The Kier molecular flexibility index (Phi) is 6.61. The summed E-state index contributed by atoms with van der Waals surface area (Å²) in [5.41, 5.74) is 0.142. The van der Waals surface area contributed by atoms with Crippen LogP contribution in [0.4, 0.5) is 10.1 Å². The number of halogens is 1. The fraction of sp³-hybridized carbons (Fsp3) is 0.333. The number of carbonyl (C=O) groups is 3. The molecule has 0 radical (unpaired) electrons. The van der Waals surface area contributed by atoms with Crippen molar-refractivity contribution in [3.63, 3.8) is 0 Å². The van der Waals surface area contributed by atoms with Crippen molar-refractivity contribution < 1.29 is 18.8 Å². The standard InChI is InChI=1S/C21H23FN4O4/c1-25-10-2-3-17(20(25)29)21(30)26-11-8-14(9-12-26)13-23-18(27)19(28)24-16-6-4-15(22)5-7-16/h2-7,10,14H,8-9,11-13H2,1H3,(H,23,27)(H,24,28). The fourth-order valence-corrected chi connectivity index (χ4v) is 3.31.